The highest BCUT2D eigenvalue weighted by Gasteiger charge is 2.37. The molecule has 1 aromatic carbocycles. The van der Waals surface area contributed by atoms with Crippen LogP contribution in [0.3, 0.4) is 0 Å². The van der Waals surface area contributed by atoms with Crippen molar-refractivity contribution >= 4 is 29.0 Å². The van der Waals surface area contributed by atoms with Crippen LogP contribution in [0.25, 0.3) is 17.2 Å². The monoisotopic (exact) mass is 483 g/mol. The maximum Gasteiger partial charge on any atom is 0.340 e. The zero-order valence-electron chi connectivity index (χ0n) is 21.8. The predicted octanol–water partition coefficient (Wildman–Crippen LogP) is 3.61. The number of benzene rings is 1. The third-order valence-electron chi connectivity index (χ3n) is 7.54. The molecule has 1 aliphatic rings. The van der Waals surface area contributed by atoms with Crippen LogP contribution in [0.2, 0.25) is 0 Å². The molecule has 1 amide bonds. The van der Waals surface area contributed by atoms with Crippen LogP contribution in [0.1, 0.15) is 69.0 Å². The standard InChI is InChI=1S/C27H41N5O3/c1-6-30(7-2)15-13-29-25(33)20-9-11-23-24(17-20)31(14-12-28)27(35)32(23)26(34)22-16-19(5)8-10-21(22)18(3)4/h9,11-12,14,17-19,21-22H,6-8,10,13,15-16,28H2,1-5H3,(H,29,33)/b14-12+/t19-,21+,22-/m1/s1. The van der Waals surface area contributed by atoms with Crippen molar-refractivity contribution in [3.05, 3.63) is 40.4 Å². The first-order valence-electron chi connectivity index (χ1n) is 12.9. The van der Waals surface area contributed by atoms with Gasteiger partial charge in [-0.1, -0.05) is 41.0 Å². The molecule has 0 spiro atoms. The number of rotatable bonds is 9. The van der Waals surface area contributed by atoms with E-state index < -0.39 is 5.69 Å². The summed E-state index contributed by atoms with van der Waals surface area (Å²) in [4.78, 5) is 42.3. The fourth-order valence-corrected chi connectivity index (χ4v) is 5.43. The lowest BCUT2D eigenvalue weighted by Gasteiger charge is -2.36. The van der Waals surface area contributed by atoms with Crippen molar-refractivity contribution in [1.29, 1.82) is 0 Å². The molecule has 192 valence electrons. The third-order valence-corrected chi connectivity index (χ3v) is 7.54. The minimum atomic E-state index is -0.452. The maximum absolute atomic E-state index is 13.8. The second kappa shape index (κ2) is 11.7. The van der Waals surface area contributed by atoms with Gasteiger partial charge in [0, 0.05) is 37.0 Å². The van der Waals surface area contributed by atoms with Crippen LogP contribution in [-0.4, -0.2) is 52.0 Å². The van der Waals surface area contributed by atoms with Gasteiger partial charge >= 0.3 is 5.69 Å². The third kappa shape index (κ3) is 5.69. The Labute approximate surface area is 208 Å². The number of imidazole rings is 1. The normalized spacial score (nSPS) is 20.8. The lowest BCUT2D eigenvalue weighted by atomic mass is 9.69. The molecule has 0 bridgehead atoms. The van der Waals surface area contributed by atoms with E-state index in [4.69, 9.17) is 5.73 Å². The number of likely N-dealkylation sites (N-methyl/N-ethyl adjacent to an activating group) is 1. The van der Waals surface area contributed by atoms with E-state index in [0.29, 0.717) is 35.0 Å². The van der Waals surface area contributed by atoms with E-state index in [1.54, 1.807) is 18.2 Å². The average Bonchev–Trinajstić information content (AvgIpc) is 3.11. The topological polar surface area (TPSA) is 102 Å². The molecule has 1 heterocycles. The number of nitrogens with zero attached hydrogens (tertiary/aromatic N) is 3. The lowest BCUT2D eigenvalue weighted by Crippen LogP contribution is -2.39. The quantitative estimate of drug-likeness (QED) is 0.567. The van der Waals surface area contributed by atoms with Gasteiger partial charge in [-0.05, 0) is 61.9 Å². The van der Waals surface area contributed by atoms with Crippen LogP contribution in [0.15, 0.2) is 29.2 Å². The van der Waals surface area contributed by atoms with Gasteiger partial charge in [0.05, 0.1) is 11.0 Å². The van der Waals surface area contributed by atoms with Gasteiger partial charge in [-0.3, -0.25) is 14.2 Å². The van der Waals surface area contributed by atoms with Crippen molar-refractivity contribution < 1.29 is 9.59 Å². The summed E-state index contributed by atoms with van der Waals surface area (Å²) in [7, 11) is 0. The van der Waals surface area contributed by atoms with Gasteiger partial charge in [0.15, 0.2) is 0 Å². The Morgan fingerprint density at radius 3 is 2.54 bits per heavy atom. The van der Waals surface area contributed by atoms with Crippen molar-refractivity contribution in [2.75, 3.05) is 26.2 Å². The van der Waals surface area contributed by atoms with Crippen LogP contribution >= 0.6 is 0 Å². The number of fused-ring (bicyclic) bond motifs is 1. The predicted molar refractivity (Wildman–Crippen MR) is 141 cm³/mol. The Kier molecular flexibility index (Phi) is 8.94. The van der Waals surface area contributed by atoms with Gasteiger partial charge in [-0.25, -0.2) is 9.36 Å². The van der Waals surface area contributed by atoms with Crippen molar-refractivity contribution in [2.45, 2.75) is 53.9 Å². The van der Waals surface area contributed by atoms with E-state index in [0.717, 1.165) is 38.9 Å². The minimum absolute atomic E-state index is 0.161. The van der Waals surface area contributed by atoms with Crippen molar-refractivity contribution in [1.82, 2.24) is 19.4 Å². The number of hydrogen-bond donors (Lipinski definition) is 2. The molecule has 2 aromatic rings. The highest BCUT2D eigenvalue weighted by Crippen LogP contribution is 2.39. The van der Waals surface area contributed by atoms with E-state index in [-0.39, 0.29) is 23.7 Å². The summed E-state index contributed by atoms with van der Waals surface area (Å²) in [5.41, 5.74) is 6.60. The second-order valence-corrected chi connectivity index (χ2v) is 10.1. The van der Waals surface area contributed by atoms with Crippen molar-refractivity contribution in [3.63, 3.8) is 0 Å². The molecular weight excluding hydrogens is 442 g/mol. The van der Waals surface area contributed by atoms with Gasteiger partial charge in [0.25, 0.3) is 5.91 Å². The van der Waals surface area contributed by atoms with Crippen LogP contribution in [0.4, 0.5) is 0 Å². The van der Waals surface area contributed by atoms with E-state index >= 15 is 0 Å². The molecule has 1 aliphatic carbocycles. The highest BCUT2D eigenvalue weighted by atomic mass is 16.2. The molecule has 0 aliphatic heterocycles. The Morgan fingerprint density at radius 1 is 1.20 bits per heavy atom. The summed E-state index contributed by atoms with van der Waals surface area (Å²) in [6, 6.07) is 5.04. The van der Waals surface area contributed by atoms with Gasteiger partial charge in [-0.2, -0.15) is 0 Å². The van der Waals surface area contributed by atoms with Gasteiger partial charge in [0.1, 0.15) is 0 Å². The molecule has 1 saturated carbocycles. The molecule has 0 radical (unpaired) electrons. The van der Waals surface area contributed by atoms with Gasteiger partial charge in [-0.15, -0.1) is 0 Å². The summed E-state index contributed by atoms with van der Waals surface area (Å²) >= 11 is 0. The molecule has 8 heteroatoms. The first kappa shape index (κ1) is 26.7. The van der Waals surface area contributed by atoms with Crippen molar-refractivity contribution in [2.24, 2.45) is 29.4 Å². The number of aromatic nitrogens is 2. The number of hydrogen-bond acceptors (Lipinski definition) is 5. The summed E-state index contributed by atoms with van der Waals surface area (Å²) in [6.07, 6.45) is 5.58. The summed E-state index contributed by atoms with van der Waals surface area (Å²) in [5, 5.41) is 2.95. The molecule has 1 fully saturated rings. The molecule has 1 aromatic heterocycles. The number of nitrogens with two attached hydrogens (primary N) is 1. The Balaban J connectivity index is 1.97. The number of nitrogens with one attached hydrogen (secondary N) is 1. The SMILES string of the molecule is CCN(CC)CCNC(=O)c1ccc2c(c1)n(/C=C/N)c(=O)n2C(=O)[C@@H]1C[C@H](C)CC[C@H]1C(C)C. The van der Waals surface area contributed by atoms with E-state index in [1.165, 1.54) is 21.5 Å². The van der Waals surface area contributed by atoms with Gasteiger partial charge in [0.2, 0.25) is 5.91 Å². The molecule has 3 rings (SSSR count). The average molecular weight is 484 g/mol. The summed E-state index contributed by atoms with van der Waals surface area (Å²) < 4.78 is 2.64. The Bertz CT molecular complexity index is 1130. The molecule has 0 unspecified atom stereocenters. The zero-order valence-corrected chi connectivity index (χ0v) is 21.8. The second-order valence-electron chi connectivity index (χ2n) is 10.1. The molecule has 3 N–H and O–H groups in total. The smallest absolute Gasteiger partial charge is 0.340 e. The Hall–Kier alpha value is -2.87. The molecule has 0 saturated heterocycles. The Morgan fingerprint density at radius 2 is 1.91 bits per heavy atom. The summed E-state index contributed by atoms with van der Waals surface area (Å²) in [5.74, 6) is 0.459. The minimum Gasteiger partial charge on any atom is -0.403 e. The van der Waals surface area contributed by atoms with Crippen LogP contribution in [0, 0.1) is 23.7 Å². The molecule has 3 atom stereocenters. The molecule has 35 heavy (non-hydrogen) atoms. The van der Waals surface area contributed by atoms with Crippen LogP contribution in [0.5, 0.6) is 0 Å². The molecule has 8 nitrogen and oxygen atoms in total. The number of carbonyl (C=O) groups is 2. The number of amides is 1. The van der Waals surface area contributed by atoms with E-state index in [9.17, 15) is 14.4 Å². The first-order chi connectivity index (χ1) is 16.7. The van der Waals surface area contributed by atoms with Crippen LogP contribution < -0.4 is 16.7 Å². The number of carbonyl (C=O) groups excluding carboxylic acids is 2. The largest absolute Gasteiger partial charge is 0.403 e. The van der Waals surface area contributed by atoms with Gasteiger partial charge < -0.3 is 16.0 Å². The van der Waals surface area contributed by atoms with E-state index in [1.807, 2.05) is 0 Å². The fourth-order valence-electron chi connectivity index (χ4n) is 5.43. The zero-order chi connectivity index (χ0) is 25.7. The summed E-state index contributed by atoms with van der Waals surface area (Å²) in [6.45, 7) is 13.8. The van der Waals surface area contributed by atoms with E-state index in [2.05, 4.69) is 44.8 Å². The van der Waals surface area contributed by atoms with Crippen LogP contribution in [-0.2, 0) is 0 Å². The van der Waals surface area contributed by atoms with Crippen molar-refractivity contribution in [3.8, 4) is 0 Å². The highest BCUT2D eigenvalue weighted by molar-refractivity contribution is 5.99. The first-order valence-corrected chi connectivity index (χ1v) is 12.9. The lowest BCUT2D eigenvalue weighted by molar-refractivity contribution is 0.0634. The fraction of sp³-hybridized carbons (Fsp3) is 0.593. The maximum atomic E-state index is 13.8. The molecular formula is C27H41N5O3.